The Labute approximate surface area is 76.1 Å². The number of nitrogens with zero attached hydrogens (tertiary/aromatic N) is 3. The highest BCUT2D eigenvalue weighted by Crippen LogP contribution is 1.91. The first-order chi connectivity index (χ1) is 6.13. The average Bonchev–Trinajstić information content (AvgIpc) is 2.51. The number of amides is 1. The first-order valence-electron chi connectivity index (χ1n) is 3.77. The second kappa shape index (κ2) is 3.72. The highest BCUT2D eigenvalue weighted by molar-refractivity contribution is 5.92. The van der Waals surface area contributed by atoms with Crippen LogP contribution in [0.3, 0.4) is 0 Å². The van der Waals surface area contributed by atoms with Crippen LogP contribution in [0.15, 0.2) is 6.20 Å². The van der Waals surface area contributed by atoms with Gasteiger partial charge < -0.3 is 5.32 Å². The Balaban J connectivity index is 2.65. The summed E-state index contributed by atoms with van der Waals surface area (Å²) >= 11 is 0. The molecule has 0 spiro atoms. The zero-order chi connectivity index (χ0) is 9.84. The quantitative estimate of drug-likeness (QED) is 0.625. The molecular weight excluding hydrogens is 168 g/mol. The van der Waals surface area contributed by atoms with Gasteiger partial charge in [-0.3, -0.25) is 9.48 Å². The van der Waals surface area contributed by atoms with Gasteiger partial charge in [-0.25, -0.2) is 0 Å². The maximum absolute atomic E-state index is 11.3. The number of rotatable bonds is 2. The second-order valence-corrected chi connectivity index (χ2v) is 2.64. The van der Waals surface area contributed by atoms with Crippen LogP contribution in [-0.4, -0.2) is 26.9 Å². The van der Waals surface area contributed by atoms with Gasteiger partial charge in [-0.2, -0.15) is 0 Å². The Morgan fingerprint density at radius 1 is 1.85 bits per heavy atom. The van der Waals surface area contributed by atoms with Crippen molar-refractivity contribution in [3.05, 3.63) is 11.9 Å². The molecule has 0 saturated heterocycles. The van der Waals surface area contributed by atoms with E-state index in [2.05, 4.69) is 21.5 Å². The van der Waals surface area contributed by atoms with E-state index in [0.717, 1.165) is 0 Å². The first-order valence-corrected chi connectivity index (χ1v) is 3.77. The minimum absolute atomic E-state index is 0.268. The molecule has 0 aliphatic heterocycles. The van der Waals surface area contributed by atoms with Crippen LogP contribution in [0.5, 0.6) is 0 Å². The number of aromatic nitrogens is 3. The van der Waals surface area contributed by atoms with E-state index in [4.69, 9.17) is 6.42 Å². The molecule has 0 saturated carbocycles. The van der Waals surface area contributed by atoms with Crippen molar-refractivity contribution < 1.29 is 4.79 Å². The van der Waals surface area contributed by atoms with Crippen LogP contribution in [0.1, 0.15) is 17.4 Å². The number of carbonyl (C=O) groups is 1. The third-order valence-electron chi connectivity index (χ3n) is 1.43. The predicted molar refractivity (Wildman–Crippen MR) is 46.8 cm³/mol. The molecule has 1 unspecified atom stereocenters. The van der Waals surface area contributed by atoms with Gasteiger partial charge in [-0.15, -0.1) is 11.5 Å². The van der Waals surface area contributed by atoms with Gasteiger partial charge in [-0.05, 0) is 6.92 Å². The molecule has 0 aliphatic rings. The lowest BCUT2D eigenvalue weighted by molar-refractivity contribution is 0.0943. The standard InChI is InChI=1S/C8H10N4O/c1-4-6(2)9-8(13)7-5-12(3)11-10-7/h1,5-6H,2-3H3,(H,9,13). The highest BCUT2D eigenvalue weighted by Gasteiger charge is 2.10. The molecule has 0 radical (unpaired) electrons. The van der Waals surface area contributed by atoms with Crippen LogP contribution in [-0.2, 0) is 7.05 Å². The number of hydrogen-bond donors (Lipinski definition) is 1. The highest BCUT2D eigenvalue weighted by atomic mass is 16.2. The lowest BCUT2D eigenvalue weighted by Crippen LogP contribution is -2.31. The summed E-state index contributed by atoms with van der Waals surface area (Å²) in [5, 5.41) is 9.83. The van der Waals surface area contributed by atoms with E-state index in [9.17, 15) is 4.79 Å². The van der Waals surface area contributed by atoms with Gasteiger partial charge in [0.15, 0.2) is 5.69 Å². The molecule has 0 aromatic carbocycles. The zero-order valence-electron chi connectivity index (χ0n) is 7.48. The Hall–Kier alpha value is -1.83. The van der Waals surface area contributed by atoms with E-state index in [1.807, 2.05) is 0 Å². The molecule has 1 atom stereocenters. The molecule has 1 heterocycles. The van der Waals surface area contributed by atoms with Crippen molar-refractivity contribution >= 4 is 5.91 Å². The third-order valence-corrected chi connectivity index (χ3v) is 1.43. The van der Waals surface area contributed by atoms with Gasteiger partial charge in [0.05, 0.1) is 12.2 Å². The predicted octanol–water partition coefficient (Wildman–Crippen LogP) is -0.433. The molecule has 68 valence electrons. The van der Waals surface area contributed by atoms with Crippen LogP contribution in [0.4, 0.5) is 0 Å². The van der Waals surface area contributed by atoms with Crippen LogP contribution in [0.2, 0.25) is 0 Å². The molecule has 5 nitrogen and oxygen atoms in total. The second-order valence-electron chi connectivity index (χ2n) is 2.64. The maximum Gasteiger partial charge on any atom is 0.274 e. The molecule has 1 rings (SSSR count). The first kappa shape index (κ1) is 9.26. The summed E-state index contributed by atoms with van der Waals surface area (Å²) < 4.78 is 1.45. The topological polar surface area (TPSA) is 59.8 Å². The SMILES string of the molecule is C#CC(C)NC(=O)c1cn(C)nn1. The van der Waals surface area contributed by atoms with Crippen molar-refractivity contribution in [2.45, 2.75) is 13.0 Å². The van der Waals surface area contributed by atoms with E-state index in [1.54, 1.807) is 14.0 Å². The molecule has 0 bridgehead atoms. The summed E-state index contributed by atoms with van der Waals surface area (Å²) in [5.41, 5.74) is 0.268. The molecular formula is C8H10N4O. The van der Waals surface area contributed by atoms with Crippen molar-refractivity contribution in [3.63, 3.8) is 0 Å². The minimum atomic E-state index is -0.307. The Bertz CT molecular complexity index is 349. The number of carbonyl (C=O) groups excluding carboxylic acids is 1. The molecule has 13 heavy (non-hydrogen) atoms. The van der Waals surface area contributed by atoms with E-state index >= 15 is 0 Å². The van der Waals surface area contributed by atoms with Crippen molar-refractivity contribution in [2.75, 3.05) is 0 Å². The van der Waals surface area contributed by atoms with Gasteiger partial charge >= 0.3 is 0 Å². The van der Waals surface area contributed by atoms with Crippen LogP contribution in [0.25, 0.3) is 0 Å². The van der Waals surface area contributed by atoms with Crippen molar-refractivity contribution in [1.82, 2.24) is 20.3 Å². The summed E-state index contributed by atoms with van der Waals surface area (Å²) in [4.78, 5) is 11.3. The fraction of sp³-hybridized carbons (Fsp3) is 0.375. The Morgan fingerprint density at radius 3 is 3.00 bits per heavy atom. The Kier molecular flexibility index (Phi) is 2.65. The van der Waals surface area contributed by atoms with Gasteiger partial charge in [0.25, 0.3) is 5.91 Å². The van der Waals surface area contributed by atoms with Gasteiger partial charge in [0.1, 0.15) is 0 Å². The summed E-state index contributed by atoms with van der Waals surface area (Å²) in [5.74, 6) is 2.08. The largest absolute Gasteiger partial charge is 0.337 e. The lowest BCUT2D eigenvalue weighted by atomic mass is 10.3. The molecule has 1 aromatic heterocycles. The smallest absolute Gasteiger partial charge is 0.274 e. The number of aryl methyl sites for hydroxylation is 1. The fourth-order valence-corrected chi connectivity index (χ4v) is 0.764. The number of terminal acetylenes is 1. The molecule has 0 aliphatic carbocycles. The monoisotopic (exact) mass is 178 g/mol. The summed E-state index contributed by atoms with van der Waals surface area (Å²) in [6.45, 7) is 1.72. The molecule has 1 N–H and O–H groups in total. The number of nitrogens with one attached hydrogen (secondary N) is 1. The summed E-state index contributed by atoms with van der Waals surface area (Å²) in [7, 11) is 1.69. The van der Waals surface area contributed by atoms with Crippen molar-refractivity contribution in [2.24, 2.45) is 7.05 Å². The summed E-state index contributed by atoms with van der Waals surface area (Å²) in [6, 6.07) is -0.297. The summed E-state index contributed by atoms with van der Waals surface area (Å²) in [6.07, 6.45) is 6.62. The van der Waals surface area contributed by atoms with E-state index in [-0.39, 0.29) is 17.6 Å². The average molecular weight is 178 g/mol. The van der Waals surface area contributed by atoms with Gasteiger partial charge in [0, 0.05) is 7.05 Å². The lowest BCUT2D eigenvalue weighted by Gasteiger charge is -2.03. The Morgan fingerprint density at radius 2 is 2.54 bits per heavy atom. The van der Waals surface area contributed by atoms with Gasteiger partial charge in [-0.1, -0.05) is 11.1 Å². The maximum atomic E-state index is 11.3. The molecule has 1 aromatic rings. The molecule has 0 fully saturated rings. The van der Waals surface area contributed by atoms with Crippen molar-refractivity contribution in [1.29, 1.82) is 0 Å². The minimum Gasteiger partial charge on any atom is -0.337 e. The van der Waals surface area contributed by atoms with E-state index in [0.29, 0.717) is 0 Å². The zero-order valence-corrected chi connectivity index (χ0v) is 7.48. The van der Waals surface area contributed by atoms with Crippen LogP contribution in [0, 0.1) is 12.3 Å². The van der Waals surface area contributed by atoms with E-state index in [1.165, 1.54) is 10.9 Å². The van der Waals surface area contributed by atoms with Crippen LogP contribution < -0.4 is 5.32 Å². The van der Waals surface area contributed by atoms with E-state index < -0.39 is 0 Å². The van der Waals surface area contributed by atoms with Crippen molar-refractivity contribution in [3.8, 4) is 12.3 Å². The number of hydrogen-bond acceptors (Lipinski definition) is 3. The van der Waals surface area contributed by atoms with Crippen LogP contribution >= 0.6 is 0 Å². The molecule has 5 heteroatoms. The third kappa shape index (κ3) is 2.30. The fourth-order valence-electron chi connectivity index (χ4n) is 0.764. The normalized spacial score (nSPS) is 11.8. The molecule has 1 amide bonds. The van der Waals surface area contributed by atoms with Gasteiger partial charge in [0.2, 0.25) is 0 Å².